The summed E-state index contributed by atoms with van der Waals surface area (Å²) in [5.41, 5.74) is 2.40. The van der Waals surface area contributed by atoms with Crippen LogP contribution in [0.1, 0.15) is 38.1 Å². The van der Waals surface area contributed by atoms with E-state index in [-0.39, 0.29) is 0 Å². The molecule has 1 aromatic heterocycles. The molecule has 3 heteroatoms. The Kier molecular flexibility index (Phi) is 2.87. The van der Waals surface area contributed by atoms with Gasteiger partial charge in [-0.15, -0.1) is 0 Å². The number of nitrogens with one attached hydrogen (secondary N) is 2. The van der Waals surface area contributed by atoms with Crippen LogP contribution in [0.2, 0.25) is 0 Å². The van der Waals surface area contributed by atoms with Gasteiger partial charge in [0.25, 0.3) is 0 Å². The maximum Gasteiger partial charge on any atom is 0.0537 e. The number of aromatic amines is 1. The minimum absolute atomic E-state index is 0.378. The van der Waals surface area contributed by atoms with E-state index in [2.05, 4.69) is 36.3 Å². The number of aromatic nitrogens is 2. The molecule has 1 heterocycles. The van der Waals surface area contributed by atoms with Crippen LogP contribution in [0.15, 0.2) is 6.20 Å². The molecule has 12 heavy (non-hydrogen) atoms. The summed E-state index contributed by atoms with van der Waals surface area (Å²) in [7, 11) is 0. The van der Waals surface area contributed by atoms with Gasteiger partial charge >= 0.3 is 0 Å². The Labute approximate surface area is 73.6 Å². The second kappa shape index (κ2) is 3.72. The van der Waals surface area contributed by atoms with E-state index in [0.29, 0.717) is 12.1 Å². The first-order chi connectivity index (χ1) is 5.61. The van der Waals surface area contributed by atoms with Crippen molar-refractivity contribution in [2.75, 3.05) is 0 Å². The largest absolute Gasteiger partial charge is 0.308 e. The highest BCUT2D eigenvalue weighted by atomic mass is 15.1. The molecule has 0 aromatic carbocycles. The molecule has 0 aliphatic carbocycles. The van der Waals surface area contributed by atoms with Crippen molar-refractivity contribution in [2.45, 2.75) is 39.8 Å². The maximum atomic E-state index is 3.99. The molecule has 0 saturated carbocycles. The molecule has 0 amide bonds. The number of hydrogen-bond donors (Lipinski definition) is 2. The average Bonchev–Trinajstić information content (AvgIpc) is 2.33. The predicted molar refractivity (Wildman–Crippen MR) is 50.0 cm³/mol. The van der Waals surface area contributed by atoms with Crippen LogP contribution in [0.4, 0.5) is 0 Å². The van der Waals surface area contributed by atoms with Gasteiger partial charge in [0.1, 0.15) is 0 Å². The van der Waals surface area contributed by atoms with Gasteiger partial charge in [-0.1, -0.05) is 13.8 Å². The summed E-state index contributed by atoms with van der Waals surface area (Å²) in [6.45, 7) is 8.48. The van der Waals surface area contributed by atoms with Crippen LogP contribution in [0.3, 0.4) is 0 Å². The smallest absolute Gasteiger partial charge is 0.0537 e. The zero-order valence-electron chi connectivity index (χ0n) is 8.18. The lowest BCUT2D eigenvalue weighted by atomic mass is 10.1. The molecule has 0 fully saturated rings. The van der Waals surface area contributed by atoms with E-state index >= 15 is 0 Å². The Balaban J connectivity index is 2.65. The van der Waals surface area contributed by atoms with Gasteiger partial charge in [-0.2, -0.15) is 5.10 Å². The van der Waals surface area contributed by atoms with E-state index in [1.807, 2.05) is 13.1 Å². The van der Waals surface area contributed by atoms with Gasteiger partial charge in [0.05, 0.1) is 6.20 Å². The van der Waals surface area contributed by atoms with Crippen molar-refractivity contribution in [2.24, 2.45) is 0 Å². The molecule has 1 rings (SSSR count). The van der Waals surface area contributed by atoms with Crippen LogP contribution in [0, 0.1) is 6.92 Å². The first kappa shape index (κ1) is 9.26. The topological polar surface area (TPSA) is 40.7 Å². The molecule has 0 radical (unpaired) electrons. The van der Waals surface area contributed by atoms with Crippen LogP contribution < -0.4 is 5.32 Å². The third-order valence-electron chi connectivity index (χ3n) is 1.92. The zero-order valence-corrected chi connectivity index (χ0v) is 8.18. The van der Waals surface area contributed by atoms with E-state index in [4.69, 9.17) is 0 Å². The highest BCUT2D eigenvalue weighted by Gasteiger charge is 2.09. The highest BCUT2D eigenvalue weighted by Crippen LogP contribution is 2.14. The van der Waals surface area contributed by atoms with Crippen molar-refractivity contribution >= 4 is 0 Å². The second-order valence-electron chi connectivity index (χ2n) is 3.49. The monoisotopic (exact) mass is 167 g/mol. The highest BCUT2D eigenvalue weighted by molar-refractivity contribution is 5.18. The Hall–Kier alpha value is -0.830. The third kappa shape index (κ3) is 2.08. The molecule has 2 N–H and O–H groups in total. The van der Waals surface area contributed by atoms with Gasteiger partial charge in [0.15, 0.2) is 0 Å². The molecule has 0 saturated heterocycles. The first-order valence-electron chi connectivity index (χ1n) is 4.37. The minimum Gasteiger partial charge on any atom is -0.308 e. The number of nitrogens with zero attached hydrogens (tertiary/aromatic N) is 1. The number of rotatable bonds is 3. The molecule has 3 nitrogen and oxygen atoms in total. The van der Waals surface area contributed by atoms with Crippen molar-refractivity contribution in [1.29, 1.82) is 0 Å². The van der Waals surface area contributed by atoms with Crippen molar-refractivity contribution in [3.8, 4) is 0 Å². The fraction of sp³-hybridized carbons (Fsp3) is 0.667. The van der Waals surface area contributed by atoms with Crippen molar-refractivity contribution in [3.05, 3.63) is 17.5 Å². The summed E-state index contributed by atoms with van der Waals surface area (Å²) in [4.78, 5) is 0. The number of aryl methyl sites for hydroxylation is 1. The van der Waals surface area contributed by atoms with Crippen LogP contribution in [0.5, 0.6) is 0 Å². The molecular weight excluding hydrogens is 150 g/mol. The molecule has 68 valence electrons. The van der Waals surface area contributed by atoms with Gasteiger partial charge in [0.2, 0.25) is 0 Å². The van der Waals surface area contributed by atoms with Gasteiger partial charge in [-0.25, -0.2) is 0 Å². The Bertz CT molecular complexity index is 240. The maximum absolute atomic E-state index is 3.99. The van der Waals surface area contributed by atoms with Crippen molar-refractivity contribution in [1.82, 2.24) is 15.5 Å². The Morgan fingerprint density at radius 3 is 2.50 bits per heavy atom. The molecule has 0 bridgehead atoms. The molecule has 0 spiro atoms. The lowest BCUT2D eigenvalue weighted by molar-refractivity contribution is 0.505. The van der Waals surface area contributed by atoms with Crippen molar-refractivity contribution in [3.63, 3.8) is 0 Å². The lowest BCUT2D eigenvalue weighted by Gasteiger charge is -2.15. The molecule has 0 aliphatic rings. The standard InChI is InChI=1S/C9H17N3/c1-6(2)11-7(3)9-5-10-12-8(9)4/h5-7,11H,1-4H3,(H,10,12). The zero-order chi connectivity index (χ0) is 9.14. The predicted octanol–water partition coefficient (Wildman–Crippen LogP) is 1.78. The number of hydrogen-bond acceptors (Lipinski definition) is 2. The lowest BCUT2D eigenvalue weighted by Crippen LogP contribution is -2.26. The SMILES string of the molecule is Cc1[nH]ncc1C(C)NC(C)C. The van der Waals surface area contributed by atoms with E-state index in [1.165, 1.54) is 5.56 Å². The summed E-state index contributed by atoms with van der Waals surface area (Å²) in [6.07, 6.45) is 1.88. The summed E-state index contributed by atoms with van der Waals surface area (Å²) < 4.78 is 0. The molecule has 1 unspecified atom stereocenters. The van der Waals surface area contributed by atoms with Crippen LogP contribution >= 0.6 is 0 Å². The molecule has 1 aromatic rings. The summed E-state index contributed by atoms with van der Waals surface area (Å²) in [6, 6.07) is 0.887. The Morgan fingerprint density at radius 2 is 2.08 bits per heavy atom. The van der Waals surface area contributed by atoms with E-state index < -0.39 is 0 Å². The quantitative estimate of drug-likeness (QED) is 0.720. The molecule has 0 aliphatic heterocycles. The van der Waals surface area contributed by atoms with E-state index in [1.54, 1.807) is 0 Å². The van der Waals surface area contributed by atoms with Gasteiger partial charge in [-0.05, 0) is 13.8 Å². The van der Waals surface area contributed by atoms with Gasteiger partial charge in [-0.3, -0.25) is 5.10 Å². The van der Waals surface area contributed by atoms with Crippen LogP contribution in [-0.4, -0.2) is 16.2 Å². The number of H-pyrrole nitrogens is 1. The van der Waals surface area contributed by atoms with E-state index in [9.17, 15) is 0 Å². The first-order valence-corrected chi connectivity index (χ1v) is 4.37. The fourth-order valence-corrected chi connectivity index (χ4v) is 1.39. The normalized spacial score (nSPS) is 13.8. The average molecular weight is 167 g/mol. The van der Waals surface area contributed by atoms with Gasteiger partial charge in [0, 0.05) is 23.3 Å². The van der Waals surface area contributed by atoms with Crippen molar-refractivity contribution < 1.29 is 0 Å². The fourth-order valence-electron chi connectivity index (χ4n) is 1.39. The second-order valence-corrected chi connectivity index (χ2v) is 3.49. The van der Waals surface area contributed by atoms with Gasteiger partial charge < -0.3 is 5.32 Å². The van der Waals surface area contributed by atoms with Crippen LogP contribution in [0.25, 0.3) is 0 Å². The summed E-state index contributed by atoms with van der Waals surface area (Å²) >= 11 is 0. The summed E-state index contributed by atoms with van der Waals surface area (Å²) in [5, 5.41) is 10.3. The molecular formula is C9H17N3. The Morgan fingerprint density at radius 1 is 1.42 bits per heavy atom. The van der Waals surface area contributed by atoms with E-state index in [0.717, 1.165) is 5.69 Å². The third-order valence-corrected chi connectivity index (χ3v) is 1.92. The van der Waals surface area contributed by atoms with Crippen LogP contribution in [-0.2, 0) is 0 Å². The minimum atomic E-state index is 0.378. The molecule has 1 atom stereocenters. The summed E-state index contributed by atoms with van der Waals surface area (Å²) in [5.74, 6) is 0.